The summed E-state index contributed by atoms with van der Waals surface area (Å²) in [6, 6.07) is 2.52. The molecular weight excluding hydrogens is 290 g/mol. The van der Waals surface area contributed by atoms with E-state index in [2.05, 4.69) is 15.9 Å². The van der Waals surface area contributed by atoms with Gasteiger partial charge in [0.05, 0.1) is 15.6 Å². The monoisotopic (exact) mass is 304 g/mol. The van der Waals surface area contributed by atoms with Gasteiger partial charge in [0, 0.05) is 0 Å². The zero-order chi connectivity index (χ0) is 12.6. The summed E-state index contributed by atoms with van der Waals surface area (Å²) in [4.78, 5) is 0. The fourth-order valence-electron chi connectivity index (χ4n) is 2.63. The summed E-state index contributed by atoms with van der Waals surface area (Å²) in [5.74, 6) is -1.47. The minimum Gasteiger partial charge on any atom is -0.385 e. The van der Waals surface area contributed by atoms with E-state index in [4.69, 9.17) is 0 Å². The van der Waals surface area contributed by atoms with Gasteiger partial charge in [-0.2, -0.15) is 0 Å². The van der Waals surface area contributed by atoms with Crippen LogP contribution in [0.15, 0.2) is 16.6 Å². The Morgan fingerprint density at radius 3 is 2.71 bits per heavy atom. The van der Waals surface area contributed by atoms with Gasteiger partial charge in [-0.3, -0.25) is 0 Å². The Labute approximate surface area is 108 Å². The van der Waals surface area contributed by atoms with Gasteiger partial charge < -0.3 is 5.11 Å². The maximum absolute atomic E-state index is 14.0. The van der Waals surface area contributed by atoms with Crippen LogP contribution < -0.4 is 0 Å². The molecule has 94 valence electrons. The Balaban J connectivity index is 2.55. The maximum Gasteiger partial charge on any atom is 0.146 e. The highest BCUT2D eigenvalue weighted by molar-refractivity contribution is 9.10. The molecule has 0 radical (unpaired) electrons. The van der Waals surface area contributed by atoms with E-state index < -0.39 is 17.2 Å². The molecule has 0 amide bonds. The van der Waals surface area contributed by atoms with Crippen molar-refractivity contribution in [1.82, 2.24) is 0 Å². The summed E-state index contributed by atoms with van der Waals surface area (Å²) in [5.41, 5.74) is -1.56. The topological polar surface area (TPSA) is 20.2 Å². The molecule has 0 saturated heterocycles. The van der Waals surface area contributed by atoms with Gasteiger partial charge in [0.15, 0.2) is 0 Å². The van der Waals surface area contributed by atoms with Gasteiger partial charge in [0.2, 0.25) is 0 Å². The number of halogens is 3. The third-order valence-corrected chi connectivity index (χ3v) is 4.35. The molecule has 0 aromatic heterocycles. The zero-order valence-electron chi connectivity index (χ0n) is 9.64. The highest BCUT2D eigenvalue weighted by atomic mass is 79.9. The van der Waals surface area contributed by atoms with Gasteiger partial charge in [-0.25, -0.2) is 8.78 Å². The summed E-state index contributed by atoms with van der Waals surface area (Å²) in [6.07, 6.45) is 3.01. The third kappa shape index (κ3) is 2.13. The standard InChI is InChI=1S/C13H15BrF2O/c1-8-4-2-3-7-13(8,17)11-10(15)6-5-9(14)12(11)16/h5-6,8,17H,2-4,7H2,1H3. The SMILES string of the molecule is CC1CCCCC1(O)c1c(F)ccc(Br)c1F. The largest absolute Gasteiger partial charge is 0.385 e. The lowest BCUT2D eigenvalue weighted by Crippen LogP contribution is -2.38. The molecule has 0 heterocycles. The molecular formula is C13H15BrF2O. The second-order valence-electron chi connectivity index (χ2n) is 4.79. The number of rotatable bonds is 1. The van der Waals surface area contributed by atoms with E-state index in [9.17, 15) is 13.9 Å². The van der Waals surface area contributed by atoms with Crippen LogP contribution in [0.1, 0.15) is 38.2 Å². The fourth-order valence-corrected chi connectivity index (χ4v) is 2.96. The van der Waals surface area contributed by atoms with E-state index in [1.54, 1.807) is 0 Å². The van der Waals surface area contributed by atoms with E-state index in [0.29, 0.717) is 6.42 Å². The van der Waals surface area contributed by atoms with Gasteiger partial charge in [-0.15, -0.1) is 0 Å². The minimum atomic E-state index is -1.38. The minimum absolute atomic E-state index is 0.130. The summed E-state index contributed by atoms with van der Waals surface area (Å²) in [5, 5.41) is 10.6. The molecule has 1 N–H and O–H groups in total. The predicted molar refractivity (Wildman–Crippen MR) is 65.6 cm³/mol. The van der Waals surface area contributed by atoms with E-state index in [1.807, 2.05) is 6.92 Å². The van der Waals surface area contributed by atoms with Crippen molar-refractivity contribution in [2.75, 3.05) is 0 Å². The van der Waals surface area contributed by atoms with Crippen molar-refractivity contribution >= 4 is 15.9 Å². The molecule has 2 unspecified atom stereocenters. The second kappa shape index (κ2) is 4.65. The molecule has 0 aliphatic heterocycles. The fraction of sp³-hybridized carbons (Fsp3) is 0.538. The summed E-state index contributed by atoms with van der Waals surface area (Å²) < 4.78 is 28.0. The van der Waals surface area contributed by atoms with Gasteiger partial charge in [0.1, 0.15) is 11.6 Å². The lowest BCUT2D eigenvalue weighted by Gasteiger charge is -2.39. The molecule has 4 heteroatoms. The zero-order valence-corrected chi connectivity index (χ0v) is 11.2. The molecule has 1 aromatic rings. The Kier molecular flexibility index (Phi) is 3.55. The van der Waals surface area contributed by atoms with Gasteiger partial charge >= 0.3 is 0 Å². The number of hydrogen-bond acceptors (Lipinski definition) is 1. The maximum atomic E-state index is 14.0. The van der Waals surface area contributed by atoms with Gasteiger partial charge in [-0.1, -0.05) is 19.8 Å². The van der Waals surface area contributed by atoms with Crippen LogP contribution >= 0.6 is 15.9 Å². The average molecular weight is 305 g/mol. The van der Waals surface area contributed by atoms with E-state index in [-0.39, 0.29) is 16.0 Å². The first-order chi connectivity index (χ1) is 7.97. The number of aliphatic hydroxyl groups is 1. The molecule has 1 nitrogen and oxygen atoms in total. The first kappa shape index (κ1) is 13.0. The second-order valence-corrected chi connectivity index (χ2v) is 5.64. The van der Waals surface area contributed by atoms with Crippen LogP contribution in [0, 0.1) is 17.6 Å². The third-order valence-electron chi connectivity index (χ3n) is 3.74. The Morgan fingerprint density at radius 1 is 1.35 bits per heavy atom. The van der Waals surface area contributed by atoms with Crippen molar-refractivity contribution in [3.8, 4) is 0 Å². The summed E-state index contributed by atoms with van der Waals surface area (Å²) >= 11 is 3.04. The lowest BCUT2D eigenvalue weighted by atomic mass is 9.72. The van der Waals surface area contributed by atoms with Gasteiger partial charge in [0.25, 0.3) is 0 Å². The molecule has 1 saturated carbocycles. The quantitative estimate of drug-likeness (QED) is 0.774. The Morgan fingerprint density at radius 2 is 2.06 bits per heavy atom. The molecule has 0 spiro atoms. The first-order valence-electron chi connectivity index (χ1n) is 5.83. The predicted octanol–water partition coefficient (Wildman–Crippen LogP) is 4.13. The van der Waals surface area contributed by atoms with Gasteiger partial charge in [-0.05, 0) is 46.8 Å². The van der Waals surface area contributed by atoms with E-state index in [0.717, 1.165) is 19.3 Å². The molecule has 0 bridgehead atoms. The number of hydrogen-bond donors (Lipinski definition) is 1. The molecule has 1 aromatic carbocycles. The highest BCUT2D eigenvalue weighted by Gasteiger charge is 2.42. The van der Waals surface area contributed by atoms with E-state index >= 15 is 0 Å². The molecule has 2 rings (SSSR count). The number of benzene rings is 1. The van der Waals surface area contributed by atoms with Crippen molar-refractivity contribution < 1.29 is 13.9 Å². The van der Waals surface area contributed by atoms with Crippen molar-refractivity contribution in [1.29, 1.82) is 0 Å². The lowest BCUT2D eigenvalue weighted by molar-refractivity contribution is -0.0525. The molecule has 1 aliphatic carbocycles. The summed E-state index contributed by atoms with van der Waals surface area (Å²) in [7, 11) is 0. The normalized spacial score (nSPS) is 29.4. The molecule has 17 heavy (non-hydrogen) atoms. The molecule has 2 atom stereocenters. The van der Waals surface area contributed by atoms with Crippen LogP contribution in [-0.4, -0.2) is 5.11 Å². The first-order valence-corrected chi connectivity index (χ1v) is 6.62. The van der Waals surface area contributed by atoms with Crippen LogP contribution in [0.4, 0.5) is 8.78 Å². The van der Waals surface area contributed by atoms with Crippen LogP contribution in [-0.2, 0) is 5.60 Å². The Bertz CT molecular complexity index is 436. The smallest absolute Gasteiger partial charge is 0.146 e. The average Bonchev–Trinajstić information content (AvgIpc) is 2.28. The molecule has 1 fully saturated rings. The molecule has 1 aliphatic rings. The highest BCUT2D eigenvalue weighted by Crippen LogP contribution is 2.44. The van der Waals surface area contributed by atoms with E-state index in [1.165, 1.54) is 12.1 Å². The van der Waals surface area contributed by atoms with Crippen molar-refractivity contribution in [2.45, 2.75) is 38.2 Å². The van der Waals surface area contributed by atoms with Crippen molar-refractivity contribution in [2.24, 2.45) is 5.92 Å². The van der Waals surface area contributed by atoms with Crippen molar-refractivity contribution in [3.63, 3.8) is 0 Å². The van der Waals surface area contributed by atoms with Crippen molar-refractivity contribution in [3.05, 3.63) is 33.8 Å². The van der Waals surface area contributed by atoms with Crippen LogP contribution in [0.3, 0.4) is 0 Å². The van der Waals surface area contributed by atoms with Crippen LogP contribution in [0.25, 0.3) is 0 Å². The summed E-state index contributed by atoms with van der Waals surface area (Å²) in [6.45, 7) is 1.85. The van der Waals surface area contributed by atoms with Crippen LogP contribution in [0.5, 0.6) is 0 Å². The van der Waals surface area contributed by atoms with Crippen LogP contribution in [0.2, 0.25) is 0 Å². The Hall–Kier alpha value is -0.480.